The average molecular weight is 663 g/mol. The molecule has 0 unspecified atom stereocenters. The van der Waals surface area contributed by atoms with Crippen molar-refractivity contribution in [2.24, 2.45) is 0 Å². The molecule has 0 N–H and O–H groups in total. The summed E-state index contributed by atoms with van der Waals surface area (Å²) in [5, 5.41) is 9.53. The van der Waals surface area contributed by atoms with E-state index in [0.717, 1.165) is 77.8 Å². The van der Waals surface area contributed by atoms with Gasteiger partial charge in [0.05, 0.1) is 44.1 Å². The van der Waals surface area contributed by atoms with Gasteiger partial charge in [0.1, 0.15) is 22.9 Å². The number of aromatic nitrogens is 6. The van der Waals surface area contributed by atoms with E-state index in [1.54, 1.807) is 0 Å². The molecule has 0 amide bonds. The van der Waals surface area contributed by atoms with E-state index < -0.39 is 0 Å². The highest BCUT2D eigenvalue weighted by molar-refractivity contribution is 6.21. The van der Waals surface area contributed by atoms with E-state index in [0.29, 0.717) is 0 Å². The van der Waals surface area contributed by atoms with E-state index in [9.17, 15) is 0 Å². The molecule has 6 nitrogen and oxygen atoms in total. The van der Waals surface area contributed by atoms with Gasteiger partial charge in [-0.25, -0.2) is 9.97 Å². The third kappa shape index (κ3) is 3.12. The Hall–Kier alpha value is -7.18. The smallest absolute Gasteiger partial charge is 0.148 e. The van der Waals surface area contributed by atoms with Crippen LogP contribution in [-0.2, 0) is 0 Å². The predicted molar refractivity (Wildman–Crippen MR) is 214 cm³/mol. The third-order valence-electron chi connectivity index (χ3n) is 11.3. The lowest BCUT2D eigenvalue weighted by atomic mass is 10.1. The largest absolute Gasteiger partial charge is 0.294 e. The number of pyridine rings is 2. The molecule has 0 bridgehead atoms. The third-order valence-corrected chi connectivity index (χ3v) is 11.3. The highest BCUT2D eigenvalue weighted by Gasteiger charge is 2.23. The van der Waals surface area contributed by atoms with Gasteiger partial charge >= 0.3 is 0 Å². The van der Waals surface area contributed by atoms with Crippen LogP contribution in [-0.4, -0.2) is 27.9 Å². The minimum atomic E-state index is 0.904. The molecule has 0 fully saturated rings. The van der Waals surface area contributed by atoms with Crippen molar-refractivity contribution in [1.82, 2.24) is 27.9 Å². The van der Waals surface area contributed by atoms with Crippen LogP contribution in [0.4, 0.5) is 0 Å². The average Bonchev–Trinajstić information content (AvgIpc) is 3.93. The molecule has 0 aliphatic carbocycles. The molecule has 0 saturated heterocycles. The van der Waals surface area contributed by atoms with Crippen LogP contribution in [0.3, 0.4) is 0 Å². The zero-order valence-corrected chi connectivity index (χ0v) is 27.7. The molecule has 0 atom stereocenters. The fourth-order valence-electron chi connectivity index (χ4n) is 9.24. The van der Waals surface area contributed by atoms with Crippen LogP contribution in [0.1, 0.15) is 0 Å². The van der Waals surface area contributed by atoms with Crippen LogP contribution in [0.5, 0.6) is 0 Å². The van der Waals surface area contributed by atoms with Gasteiger partial charge in [-0.3, -0.25) is 17.9 Å². The second-order valence-corrected chi connectivity index (χ2v) is 13.8. The predicted octanol–water partition coefficient (Wildman–Crippen LogP) is 11.2. The maximum atomic E-state index is 5.52. The highest BCUT2D eigenvalue weighted by Crippen LogP contribution is 2.41. The molecule has 52 heavy (non-hydrogen) atoms. The fraction of sp³-hybridized carbons (Fsp3) is 0. The van der Waals surface area contributed by atoms with E-state index in [1.165, 1.54) is 32.3 Å². The summed E-state index contributed by atoms with van der Waals surface area (Å²) in [6.45, 7) is 0. The van der Waals surface area contributed by atoms with Crippen molar-refractivity contribution in [1.29, 1.82) is 0 Å². The Balaban J connectivity index is 1.16. The molecule has 13 rings (SSSR count). The number of nitrogens with zero attached hydrogens (tertiary/aromatic N) is 6. The fourth-order valence-corrected chi connectivity index (χ4v) is 9.24. The van der Waals surface area contributed by atoms with E-state index in [1.807, 2.05) is 0 Å². The van der Waals surface area contributed by atoms with Gasteiger partial charge in [0.25, 0.3) is 0 Å². The van der Waals surface area contributed by atoms with Crippen LogP contribution in [0.25, 0.3) is 110 Å². The minimum Gasteiger partial charge on any atom is -0.294 e. The van der Waals surface area contributed by atoms with Gasteiger partial charge in [-0.1, -0.05) is 97.1 Å². The first kappa shape index (κ1) is 26.7. The van der Waals surface area contributed by atoms with E-state index in [2.05, 4.69) is 176 Å². The monoisotopic (exact) mass is 662 g/mol. The Bertz CT molecular complexity index is 3300. The van der Waals surface area contributed by atoms with Gasteiger partial charge in [0, 0.05) is 43.1 Å². The molecule has 0 aliphatic heterocycles. The maximum absolute atomic E-state index is 5.52. The number of rotatable bonds is 2. The molecule has 0 saturated carbocycles. The van der Waals surface area contributed by atoms with Crippen molar-refractivity contribution in [2.45, 2.75) is 0 Å². The highest BCUT2D eigenvalue weighted by atomic mass is 15.1. The van der Waals surface area contributed by atoms with Crippen LogP contribution >= 0.6 is 0 Å². The number of benzene rings is 6. The Morgan fingerprint density at radius 2 is 0.596 bits per heavy atom. The topological polar surface area (TPSA) is 44.5 Å². The van der Waals surface area contributed by atoms with Crippen LogP contribution in [0.2, 0.25) is 0 Å². The Labute approximate surface area is 294 Å². The summed E-state index contributed by atoms with van der Waals surface area (Å²) in [6, 6.07) is 56.6. The summed E-state index contributed by atoms with van der Waals surface area (Å²) in [4.78, 5) is 11.0. The van der Waals surface area contributed by atoms with Gasteiger partial charge in [-0.2, -0.15) is 0 Å². The summed E-state index contributed by atoms with van der Waals surface area (Å²) in [5.41, 5.74) is 11.0. The summed E-state index contributed by atoms with van der Waals surface area (Å²) >= 11 is 0. The first-order chi connectivity index (χ1) is 25.8. The minimum absolute atomic E-state index is 0.904. The lowest BCUT2D eigenvalue weighted by Crippen LogP contribution is -2.01. The van der Waals surface area contributed by atoms with Gasteiger partial charge < -0.3 is 0 Å². The number of para-hydroxylation sites is 6. The first-order valence-corrected chi connectivity index (χ1v) is 17.7. The molecule has 6 heteroatoms. The molecular weight excluding hydrogens is 637 g/mol. The van der Waals surface area contributed by atoms with E-state index in [-0.39, 0.29) is 0 Å². The van der Waals surface area contributed by atoms with E-state index >= 15 is 0 Å². The second-order valence-electron chi connectivity index (χ2n) is 13.8. The summed E-state index contributed by atoms with van der Waals surface area (Å²) < 4.78 is 9.37. The van der Waals surface area contributed by atoms with Crippen molar-refractivity contribution in [2.75, 3.05) is 0 Å². The van der Waals surface area contributed by atoms with Gasteiger partial charge in [-0.05, 0) is 60.7 Å². The summed E-state index contributed by atoms with van der Waals surface area (Å²) in [7, 11) is 0. The van der Waals surface area contributed by atoms with Crippen LogP contribution in [0.15, 0.2) is 158 Å². The zero-order valence-electron chi connectivity index (χ0n) is 27.7. The number of fused-ring (bicyclic) bond motifs is 14. The molecule has 0 aliphatic rings. The summed E-state index contributed by atoms with van der Waals surface area (Å²) in [6.07, 6.45) is 0. The quantitative estimate of drug-likeness (QED) is 0.173. The molecule has 0 radical (unpaired) electrons. The molecule has 6 aromatic carbocycles. The van der Waals surface area contributed by atoms with Crippen LogP contribution < -0.4 is 0 Å². The van der Waals surface area contributed by atoms with Gasteiger partial charge in [0.2, 0.25) is 0 Å². The first-order valence-electron chi connectivity index (χ1n) is 17.7. The Morgan fingerprint density at radius 3 is 0.981 bits per heavy atom. The molecule has 7 aromatic heterocycles. The van der Waals surface area contributed by atoms with E-state index in [4.69, 9.17) is 9.97 Å². The number of hydrogen-bond acceptors (Lipinski definition) is 2. The second kappa shape index (κ2) is 9.33. The number of hydrogen-bond donors (Lipinski definition) is 0. The normalized spacial score (nSPS) is 12.6. The Morgan fingerprint density at radius 1 is 0.269 bits per heavy atom. The molecule has 0 spiro atoms. The lowest BCUT2D eigenvalue weighted by Gasteiger charge is -2.11. The molecule has 7 heterocycles. The van der Waals surface area contributed by atoms with Gasteiger partial charge in [0.15, 0.2) is 0 Å². The molecule has 240 valence electrons. The van der Waals surface area contributed by atoms with Gasteiger partial charge in [-0.15, -0.1) is 0 Å². The van der Waals surface area contributed by atoms with Crippen molar-refractivity contribution in [3.63, 3.8) is 0 Å². The Kier molecular flexibility index (Phi) is 4.78. The lowest BCUT2D eigenvalue weighted by molar-refractivity contribution is 1.08. The summed E-state index contributed by atoms with van der Waals surface area (Å²) in [5.74, 6) is 1.81. The van der Waals surface area contributed by atoms with Crippen molar-refractivity contribution in [3.8, 4) is 11.6 Å². The standard InChI is InChI=1S/C46H26N6/c1-5-17-35-27(11-1)28-12-2-6-18-36(28)49(35)41-25-23-33-31-15-9-22-40-43(31)51(45(33)47-41)39-21-10-16-32-34-24-26-42(48-46(34)52(40)44(32)39)50-37-19-7-3-13-29(37)30-14-4-8-20-38(30)50/h1-26H. The maximum Gasteiger partial charge on any atom is 0.148 e. The molecule has 13 aromatic rings. The molecular formula is C46H26N6. The SMILES string of the molecule is c1ccc2c(c1)c1ccccc1n2-c1ccc2c3cccc4c3n(c3cccc5c6ccc(-n7c8ccccc8c8ccccc87)nc6n4c53)c2n1. The van der Waals surface area contributed by atoms with Crippen LogP contribution in [0, 0.1) is 0 Å². The zero-order chi connectivity index (χ0) is 33.7. The van der Waals surface area contributed by atoms with Crippen molar-refractivity contribution in [3.05, 3.63) is 158 Å². The van der Waals surface area contributed by atoms with Crippen molar-refractivity contribution >= 4 is 98.5 Å². The van der Waals surface area contributed by atoms with Crippen molar-refractivity contribution < 1.29 is 0 Å².